The maximum atomic E-state index is 2.30. The molecular weight excluding hydrogens is 256 g/mol. The highest BCUT2D eigenvalue weighted by atomic mass is 16.0. The van der Waals surface area contributed by atoms with Crippen LogP contribution in [0.3, 0.4) is 0 Å². The molecule has 2 N–H and O–H groups in total. The number of rotatable bonds is 17. The maximum Gasteiger partial charge on any atom is -0.0533 e. The van der Waals surface area contributed by atoms with Gasteiger partial charge in [-0.15, -0.1) is 0 Å². The molecule has 0 rings (SSSR count). The van der Waals surface area contributed by atoms with Crippen molar-refractivity contribution < 1.29 is 5.48 Å². The van der Waals surface area contributed by atoms with Gasteiger partial charge < -0.3 is 5.48 Å². The van der Waals surface area contributed by atoms with Crippen LogP contribution in [0.5, 0.6) is 0 Å². The van der Waals surface area contributed by atoms with Crippen molar-refractivity contribution in [3.05, 3.63) is 0 Å². The first-order valence-electron chi connectivity index (χ1n) is 9.91. The third-order valence-electron chi connectivity index (χ3n) is 4.46. The minimum absolute atomic E-state index is 0. The van der Waals surface area contributed by atoms with E-state index in [0.29, 0.717) is 0 Å². The van der Waals surface area contributed by atoms with Crippen molar-refractivity contribution in [1.82, 2.24) is 0 Å². The van der Waals surface area contributed by atoms with Crippen LogP contribution >= 0.6 is 0 Å². The minimum Gasteiger partial charge on any atom is -0.412 e. The predicted molar refractivity (Wildman–Crippen MR) is 98.1 cm³/mol. The molecule has 0 aliphatic carbocycles. The Bertz CT molecular complexity index is 138. The molecule has 0 atom stereocenters. The third-order valence-corrected chi connectivity index (χ3v) is 4.46. The van der Waals surface area contributed by atoms with E-state index in [2.05, 4.69) is 13.8 Å². The topological polar surface area (TPSA) is 31.5 Å². The molecule has 21 heavy (non-hydrogen) atoms. The van der Waals surface area contributed by atoms with Crippen molar-refractivity contribution >= 4 is 0 Å². The second-order valence-corrected chi connectivity index (χ2v) is 6.66. The highest BCUT2D eigenvalue weighted by Gasteiger charge is 1.94. The first kappa shape index (κ1) is 23.2. The SMILES string of the molecule is CCCCCCCCCCCCCCCCCCCC.O. The van der Waals surface area contributed by atoms with Gasteiger partial charge in [-0.25, -0.2) is 0 Å². The van der Waals surface area contributed by atoms with Crippen molar-refractivity contribution in [3.8, 4) is 0 Å². The molecule has 1 nitrogen and oxygen atoms in total. The van der Waals surface area contributed by atoms with E-state index in [9.17, 15) is 0 Å². The van der Waals surface area contributed by atoms with Gasteiger partial charge in [-0.3, -0.25) is 0 Å². The Balaban J connectivity index is 0. The standard InChI is InChI=1S/C20H42.H2O/c1-3-5-7-9-11-13-15-17-19-20-18-16-14-12-10-8-6-4-2;/h3-20H2,1-2H3;1H2. The van der Waals surface area contributed by atoms with E-state index in [4.69, 9.17) is 0 Å². The lowest BCUT2D eigenvalue weighted by Gasteiger charge is -2.03. The van der Waals surface area contributed by atoms with E-state index in [1.54, 1.807) is 0 Å². The molecule has 0 fully saturated rings. The quantitative estimate of drug-likeness (QED) is 0.254. The summed E-state index contributed by atoms with van der Waals surface area (Å²) in [5.74, 6) is 0. The summed E-state index contributed by atoms with van der Waals surface area (Å²) in [5.41, 5.74) is 0. The molecule has 0 heterocycles. The summed E-state index contributed by atoms with van der Waals surface area (Å²) >= 11 is 0. The van der Waals surface area contributed by atoms with Gasteiger partial charge in [-0.1, -0.05) is 129 Å². The molecule has 0 unspecified atom stereocenters. The van der Waals surface area contributed by atoms with Gasteiger partial charge in [0.1, 0.15) is 0 Å². The van der Waals surface area contributed by atoms with Crippen LogP contribution in [0.25, 0.3) is 0 Å². The second-order valence-electron chi connectivity index (χ2n) is 6.66. The van der Waals surface area contributed by atoms with Gasteiger partial charge >= 0.3 is 0 Å². The molecule has 0 saturated heterocycles. The second kappa shape index (κ2) is 22.2. The zero-order chi connectivity index (χ0) is 14.7. The summed E-state index contributed by atoms with van der Waals surface area (Å²) in [5, 5.41) is 0. The van der Waals surface area contributed by atoms with Crippen LogP contribution in [0.4, 0.5) is 0 Å². The Morgan fingerprint density at radius 2 is 0.429 bits per heavy atom. The highest BCUT2D eigenvalue weighted by Crippen LogP contribution is 2.14. The van der Waals surface area contributed by atoms with Gasteiger partial charge in [0, 0.05) is 0 Å². The average molecular weight is 301 g/mol. The first-order valence-corrected chi connectivity index (χ1v) is 9.91. The van der Waals surface area contributed by atoms with Gasteiger partial charge in [0.2, 0.25) is 0 Å². The Morgan fingerprint density at radius 3 is 0.571 bits per heavy atom. The van der Waals surface area contributed by atoms with E-state index < -0.39 is 0 Å². The molecule has 130 valence electrons. The van der Waals surface area contributed by atoms with Crippen LogP contribution in [0.2, 0.25) is 0 Å². The van der Waals surface area contributed by atoms with Crippen molar-refractivity contribution in [1.29, 1.82) is 0 Å². The zero-order valence-electron chi connectivity index (χ0n) is 15.2. The molecule has 0 amide bonds. The van der Waals surface area contributed by atoms with E-state index >= 15 is 0 Å². The Kier molecular flexibility index (Phi) is 24.6. The smallest absolute Gasteiger partial charge is 0.0533 e. The summed E-state index contributed by atoms with van der Waals surface area (Å²) in [6, 6.07) is 0. The summed E-state index contributed by atoms with van der Waals surface area (Å²) in [7, 11) is 0. The predicted octanol–water partition coefficient (Wildman–Crippen LogP) is 7.22. The molecule has 0 aliphatic rings. The summed E-state index contributed by atoms with van der Waals surface area (Å²) in [4.78, 5) is 0. The van der Waals surface area contributed by atoms with Crippen LogP contribution in [0, 0.1) is 0 Å². The fraction of sp³-hybridized carbons (Fsp3) is 1.00. The molecule has 0 spiro atoms. The summed E-state index contributed by atoms with van der Waals surface area (Å²) in [6.07, 6.45) is 26.4. The van der Waals surface area contributed by atoms with Gasteiger partial charge in [0.25, 0.3) is 0 Å². The molecule has 1 heteroatoms. The molecular formula is C20H44O. The van der Waals surface area contributed by atoms with Gasteiger partial charge in [0.15, 0.2) is 0 Å². The highest BCUT2D eigenvalue weighted by molar-refractivity contribution is 4.49. The molecule has 0 bridgehead atoms. The van der Waals surface area contributed by atoms with Crippen LogP contribution in [-0.4, -0.2) is 5.48 Å². The lowest BCUT2D eigenvalue weighted by Crippen LogP contribution is -1.83. The normalized spacial score (nSPS) is 10.6. The molecule has 0 saturated carbocycles. The fourth-order valence-corrected chi connectivity index (χ4v) is 2.97. The Morgan fingerprint density at radius 1 is 0.286 bits per heavy atom. The fourth-order valence-electron chi connectivity index (χ4n) is 2.97. The van der Waals surface area contributed by atoms with Gasteiger partial charge in [-0.2, -0.15) is 0 Å². The molecule has 0 aliphatic heterocycles. The maximum absolute atomic E-state index is 2.30. The lowest BCUT2D eigenvalue weighted by atomic mass is 10.0. The zero-order valence-corrected chi connectivity index (χ0v) is 15.2. The van der Waals surface area contributed by atoms with E-state index in [0.717, 1.165) is 0 Å². The van der Waals surface area contributed by atoms with Gasteiger partial charge in [0.05, 0.1) is 0 Å². The number of hydrogen-bond acceptors (Lipinski definition) is 0. The molecule has 0 aromatic carbocycles. The lowest BCUT2D eigenvalue weighted by molar-refractivity contribution is 0.526. The Hall–Kier alpha value is -0.0400. The van der Waals surface area contributed by atoms with Crippen LogP contribution < -0.4 is 0 Å². The number of hydrogen-bond donors (Lipinski definition) is 0. The van der Waals surface area contributed by atoms with Crippen molar-refractivity contribution in [2.75, 3.05) is 0 Å². The molecule has 0 radical (unpaired) electrons. The van der Waals surface area contributed by atoms with Crippen LogP contribution in [0.15, 0.2) is 0 Å². The van der Waals surface area contributed by atoms with Crippen molar-refractivity contribution in [2.45, 2.75) is 129 Å². The van der Waals surface area contributed by atoms with Crippen LogP contribution in [-0.2, 0) is 0 Å². The van der Waals surface area contributed by atoms with Gasteiger partial charge in [-0.05, 0) is 0 Å². The number of unbranched alkanes of at least 4 members (excludes halogenated alkanes) is 17. The van der Waals surface area contributed by atoms with Crippen molar-refractivity contribution in [3.63, 3.8) is 0 Å². The van der Waals surface area contributed by atoms with Crippen molar-refractivity contribution in [2.24, 2.45) is 0 Å². The summed E-state index contributed by atoms with van der Waals surface area (Å²) in [6.45, 7) is 4.59. The largest absolute Gasteiger partial charge is 0.412 e. The minimum atomic E-state index is 0. The van der Waals surface area contributed by atoms with E-state index in [1.807, 2.05) is 0 Å². The molecule has 0 aromatic heterocycles. The van der Waals surface area contributed by atoms with E-state index in [1.165, 1.54) is 116 Å². The third kappa shape index (κ3) is 22.4. The van der Waals surface area contributed by atoms with Crippen LogP contribution in [0.1, 0.15) is 129 Å². The molecule has 0 aromatic rings. The monoisotopic (exact) mass is 300 g/mol. The first-order chi connectivity index (χ1) is 9.91. The average Bonchev–Trinajstić information content (AvgIpc) is 2.47. The van der Waals surface area contributed by atoms with E-state index in [-0.39, 0.29) is 5.48 Å². The Labute approximate surface area is 135 Å². The summed E-state index contributed by atoms with van der Waals surface area (Å²) < 4.78 is 0.